The third-order valence-corrected chi connectivity index (χ3v) is 7.17. The molecule has 36 heavy (non-hydrogen) atoms. The summed E-state index contributed by atoms with van der Waals surface area (Å²) in [6.07, 6.45) is 6.73. The number of rotatable bonds is 6. The summed E-state index contributed by atoms with van der Waals surface area (Å²) in [5.41, 5.74) is 11.8. The van der Waals surface area contributed by atoms with Crippen molar-refractivity contribution in [3.63, 3.8) is 0 Å². The number of aromatic nitrogens is 3. The van der Waals surface area contributed by atoms with Crippen molar-refractivity contribution in [1.29, 1.82) is 0 Å². The molecule has 0 saturated heterocycles. The highest BCUT2D eigenvalue weighted by molar-refractivity contribution is 5.93. The molecule has 8 heteroatoms. The van der Waals surface area contributed by atoms with Crippen molar-refractivity contribution in [2.75, 3.05) is 25.5 Å². The van der Waals surface area contributed by atoms with E-state index in [4.69, 9.17) is 5.73 Å². The van der Waals surface area contributed by atoms with E-state index in [1.807, 2.05) is 31.3 Å². The predicted octanol–water partition coefficient (Wildman–Crippen LogP) is 3.72. The Balaban J connectivity index is 1.42. The first-order valence-corrected chi connectivity index (χ1v) is 12.1. The lowest BCUT2D eigenvalue weighted by Crippen LogP contribution is -2.32. The molecular weight excluding hydrogens is 452 g/mol. The molecule has 3 aromatic heterocycles. The Morgan fingerprint density at radius 1 is 1.14 bits per heavy atom. The number of pyridine rings is 2. The third-order valence-electron chi connectivity index (χ3n) is 7.17. The van der Waals surface area contributed by atoms with E-state index in [-0.39, 0.29) is 11.6 Å². The van der Waals surface area contributed by atoms with Gasteiger partial charge >= 0.3 is 0 Å². The van der Waals surface area contributed by atoms with Gasteiger partial charge in [-0.25, -0.2) is 4.98 Å². The van der Waals surface area contributed by atoms with E-state index >= 15 is 0 Å². The van der Waals surface area contributed by atoms with Gasteiger partial charge in [-0.3, -0.25) is 19.1 Å². The van der Waals surface area contributed by atoms with Crippen LogP contribution in [0.2, 0.25) is 0 Å². The van der Waals surface area contributed by atoms with Crippen LogP contribution >= 0.6 is 0 Å². The van der Waals surface area contributed by atoms with Gasteiger partial charge in [0.05, 0.1) is 5.69 Å². The Labute approximate surface area is 209 Å². The molecule has 0 radical (unpaired) electrons. The number of nitrogens with two attached hydrogens (primary N) is 1. The van der Waals surface area contributed by atoms with Crippen LogP contribution in [0.4, 0.5) is 5.69 Å². The van der Waals surface area contributed by atoms with Crippen molar-refractivity contribution in [2.45, 2.75) is 19.4 Å². The molecule has 1 aliphatic heterocycles. The molecule has 0 bridgehead atoms. The Kier molecular flexibility index (Phi) is 6.20. The monoisotopic (exact) mass is 482 g/mol. The van der Waals surface area contributed by atoms with Crippen LogP contribution in [0.25, 0.3) is 22.3 Å². The SMILES string of the molecule is CNc1ccn(-c2ccnc3c2cc([C@H](C)N2CC=C(c4ccc(C(N)=O)cc4)CC2)n3C)c(=O)c1. The van der Waals surface area contributed by atoms with Gasteiger partial charge in [0.15, 0.2) is 0 Å². The second-order valence-corrected chi connectivity index (χ2v) is 9.16. The molecule has 0 fully saturated rings. The number of anilines is 1. The lowest BCUT2D eigenvalue weighted by atomic mass is 9.97. The highest BCUT2D eigenvalue weighted by Gasteiger charge is 2.23. The van der Waals surface area contributed by atoms with E-state index in [0.29, 0.717) is 5.56 Å². The first kappa shape index (κ1) is 23.6. The normalized spacial score (nSPS) is 15.0. The van der Waals surface area contributed by atoms with Gasteiger partial charge in [0.25, 0.3) is 5.56 Å². The largest absolute Gasteiger partial charge is 0.388 e. The number of benzene rings is 1. The number of hydrogen-bond acceptors (Lipinski definition) is 5. The first-order valence-electron chi connectivity index (χ1n) is 12.1. The smallest absolute Gasteiger partial charge is 0.257 e. The number of fused-ring (bicyclic) bond motifs is 1. The zero-order chi connectivity index (χ0) is 25.4. The van der Waals surface area contributed by atoms with Crippen molar-refractivity contribution >= 4 is 28.2 Å². The van der Waals surface area contributed by atoms with Crippen molar-refractivity contribution in [3.8, 4) is 5.69 Å². The number of carbonyl (C=O) groups is 1. The summed E-state index contributed by atoms with van der Waals surface area (Å²) < 4.78 is 3.79. The molecular formula is C28H30N6O2. The van der Waals surface area contributed by atoms with Crippen LogP contribution in [0, 0.1) is 0 Å². The summed E-state index contributed by atoms with van der Waals surface area (Å²) in [6.45, 7) is 3.94. The third kappa shape index (κ3) is 4.20. The van der Waals surface area contributed by atoms with Crippen molar-refractivity contribution in [3.05, 3.63) is 94.2 Å². The van der Waals surface area contributed by atoms with E-state index in [9.17, 15) is 9.59 Å². The van der Waals surface area contributed by atoms with Gasteiger partial charge in [0, 0.05) is 74.0 Å². The van der Waals surface area contributed by atoms with E-state index < -0.39 is 5.91 Å². The molecule has 1 amide bonds. The van der Waals surface area contributed by atoms with Crippen LogP contribution in [-0.2, 0) is 7.05 Å². The van der Waals surface area contributed by atoms with Gasteiger partial charge in [-0.15, -0.1) is 0 Å². The van der Waals surface area contributed by atoms with Crippen LogP contribution in [0.3, 0.4) is 0 Å². The zero-order valence-electron chi connectivity index (χ0n) is 20.7. The molecule has 184 valence electrons. The van der Waals surface area contributed by atoms with Crippen LogP contribution in [0.1, 0.15) is 41.0 Å². The number of nitrogens with one attached hydrogen (secondary N) is 1. The molecule has 4 aromatic rings. The van der Waals surface area contributed by atoms with Crippen molar-refractivity contribution in [2.24, 2.45) is 12.8 Å². The average Bonchev–Trinajstić information content (AvgIpc) is 3.25. The van der Waals surface area contributed by atoms with Crippen LogP contribution in [0.5, 0.6) is 0 Å². The molecule has 0 aliphatic carbocycles. The Morgan fingerprint density at radius 3 is 2.56 bits per heavy atom. The number of primary amides is 1. The topological polar surface area (TPSA) is 98.2 Å². The van der Waals surface area contributed by atoms with Gasteiger partial charge in [0.1, 0.15) is 5.65 Å². The Bertz CT molecular complexity index is 1530. The molecule has 1 aromatic carbocycles. The van der Waals surface area contributed by atoms with Gasteiger partial charge in [0.2, 0.25) is 5.91 Å². The van der Waals surface area contributed by atoms with Gasteiger partial charge in [-0.05, 0) is 54.8 Å². The maximum absolute atomic E-state index is 12.8. The summed E-state index contributed by atoms with van der Waals surface area (Å²) >= 11 is 0. The molecule has 0 unspecified atom stereocenters. The summed E-state index contributed by atoms with van der Waals surface area (Å²) in [6, 6.07) is 15.2. The average molecular weight is 483 g/mol. The predicted molar refractivity (Wildman–Crippen MR) is 143 cm³/mol. The fourth-order valence-electron chi connectivity index (χ4n) is 5.00. The lowest BCUT2D eigenvalue weighted by molar-refractivity contribution is 0.100. The number of hydrogen-bond donors (Lipinski definition) is 2. The number of amides is 1. The minimum Gasteiger partial charge on any atom is -0.388 e. The molecule has 1 atom stereocenters. The highest BCUT2D eigenvalue weighted by atomic mass is 16.1. The van der Waals surface area contributed by atoms with E-state index in [2.05, 4.69) is 38.8 Å². The number of carbonyl (C=O) groups excluding carboxylic acids is 1. The maximum Gasteiger partial charge on any atom is 0.257 e. The maximum atomic E-state index is 12.8. The summed E-state index contributed by atoms with van der Waals surface area (Å²) in [4.78, 5) is 31.2. The minimum atomic E-state index is -0.411. The second kappa shape index (κ2) is 9.47. The van der Waals surface area contributed by atoms with E-state index in [1.54, 1.807) is 42.2 Å². The Hall–Kier alpha value is -4.17. The van der Waals surface area contributed by atoms with Gasteiger partial charge in [-0.1, -0.05) is 18.2 Å². The van der Waals surface area contributed by atoms with Crippen LogP contribution in [0.15, 0.2) is 71.8 Å². The van der Waals surface area contributed by atoms with Crippen molar-refractivity contribution in [1.82, 2.24) is 19.0 Å². The van der Waals surface area contributed by atoms with Gasteiger partial charge in [-0.2, -0.15) is 0 Å². The Morgan fingerprint density at radius 2 is 1.92 bits per heavy atom. The molecule has 0 spiro atoms. The van der Waals surface area contributed by atoms with Gasteiger partial charge < -0.3 is 15.6 Å². The minimum absolute atomic E-state index is 0.0923. The number of nitrogens with zero attached hydrogens (tertiary/aromatic N) is 4. The standard InChI is InChI=1S/C28H30N6O2/c1-18(33-13-9-20(10-14-33)19-4-6-21(7-5-19)27(29)36)25-17-23-24(8-12-31-28(23)32(25)3)34-15-11-22(30-2)16-26(34)35/h4-9,11-12,15-18,30H,10,13-14H2,1-3H3,(H2,29,36)/t18-/m0/s1. The fourth-order valence-corrected chi connectivity index (χ4v) is 5.00. The fraction of sp³-hybridized carbons (Fsp3) is 0.250. The van der Waals surface area contributed by atoms with E-state index in [0.717, 1.165) is 53.2 Å². The van der Waals surface area contributed by atoms with Crippen LogP contribution in [-0.4, -0.2) is 45.1 Å². The highest BCUT2D eigenvalue weighted by Crippen LogP contribution is 2.32. The number of aryl methyl sites for hydroxylation is 1. The second-order valence-electron chi connectivity index (χ2n) is 9.16. The van der Waals surface area contributed by atoms with Crippen molar-refractivity contribution < 1.29 is 4.79 Å². The summed E-state index contributed by atoms with van der Waals surface area (Å²) in [7, 11) is 3.83. The van der Waals surface area contributed by atoms with Crippen LogP contribution < -0.4 is 16.6 Å². The molecule has 0 saturated carbocycles. The molecule has 4 heterocycles. The zero-order valence-corrected chi connectivity index (χ0v) is 20.7. The lowest BCUT2D eigenvalue weighted by Gasteiger charge is -2.32. The summed E-state index contributed by atoms with van der Waals surface area (Å²) in [5.74, 6) is -0.411. The molecule has 8 nitrogen and oxygen atoms in total. The molecule has 1 aliphatic rings. The van der Waals surface area contributed by atoms with E-state index in [1.165, 1.54) is 5.57 Å². The quantitative estimate of drug-likeness (QED) is 0.437. The molecule has 5 rings (SSSR count). The summed E-state index contributed by atoms with van der Waals surface area (Å²) in [5, 5.41) is 3.96. The first-order chi connectivity index (χ1) is 17.4. The molecule has 3 N–H and O–H groups in total.